The third-order valence-corrected chi connectivity index (χ3v) is 4.00. The number of nitrogens with one attached hydrogen (secondary N) is 2. The zero-order valence-electron chi connectivity index (χ0n) is 14.9. The molecule has 0 bridgehead atoms. The topological polar surface area (TPSA) is 71.4 Å². The normalized spacial score (nSPS) is 10.9. The van der Waals surface area contributed by atoms with Gasteiger partial charge >= 0.3 is 0 Å². The second-order valence-electron chi connectivity index (χ2n) is 5.27. The Balaban J connectivity index is 0.00000312. The number of pyridine rings is 1. The Hall–Kier alpha value is -1.42. The maximum Gasteiger partial charge on any atom is 0.213 e. The fourth-order valence-corrected chi connectivity index (χ4v) is 2.68. The Labute approximate surface area is 170 Å². The number of aliphatic imine (C=N–C) groups is 1. The van der Waals surface area contributed by atoms with Crippen LogP contribution in [0.3, 0.4) is 0 Å². The molecule has 2 heterocycles. The van der Waals surface area contributed by atoms with Crippen LogP contribution >= 0.6 is 35.3 Å². The van der Waals surface area contributed by atoms with Gasteiger partial charge in [-0.25, -0.2) is 15.0 Å². The van der Waals surface area contributed by atoms with Crippen LogP contribution in [0.15, 0.2) is 29.5 Å². The van der Waals surface area contributed by atoms with E-state index in [9.17, 15) is 0 Å². The van der Waals surface area contributed by atoms with Gasteiger partial charge in [0.15, 0.2) is 5.96 Å². The molecule has 0 amide bonds. The summed E-state index contributed by atoms with van der Waals surface area (Å²) in [6.45, 7) is 8.92. The van der Waals surface area contributed by atoms with Gasteiger partial charge in [-0.2, -0.15) is 0 Å². The second-order valence-corrected chi connectivity index (χ2v) is 6.59. The number of thiazole rings is 1. The number of ether oxygens (including phenoxy) is 1. The molecule has 6 nitrogen and oxygen atoms in total. The molecule has 2 rings (SSSR count). The molecule has 0 radical (unpaired) electrons. The largest absolute Gasteiger partial charge is 0.478 e. The Bertz CT molecular complexity index is 645. The monoisotopic (exact) mass is 475 g/mol. The molecule has 2 aromatic heterocycles. The summed E-state index contributed by atoms with van der Waals surface area (Å²) < 4.78 is 5.49. The third kappa shape index (κ3) is 8.00. The van der Waals surface area contributed by atoms with Crippen LogP contribution < -0.4 is 15.4 Å². The first-order valence-electron chi connectivity index (χ1n) is 8.22. The zero-order valence-corrected chi connectivity index (χ0v) is 18.1. The Morgan fingerprint density at radius 3 is 2.64 bits per heavy atom. The molecular formula is C17H26IN5OS. The number of nitrogens with zero attached hydrogens (tertiary/aromatic N) is 3. The van der Waals surface area contributed by atoms with E-state index >= 15 is 0 Å². The number of hydrogen-bond donors (Lipinski definition) is 2. The fourth-order valence-electron chi connectivity index (χ4n) is 1.95. The molecular weight excluding hydrogens is 449 g/mol. The maximum absolute atomic E-state index is 5.49. The van der Waals surface area contributed by atoms with Crippen molar-refractivity contribution in [1.82, 2.24) is 20.6 Å². The van der Waals surface area contributed by atoms with Gasteiger partial charge in [-0.1, -0.05) is 13.0 Å². The van der Waals surface area contributed by atoms with E-state index < -0.39 is 0 Å². The van der Waals surface area contributed by atoms with Gasteiger partial charge in [0.2, 0.25) is 5.88 Å². The van der Waals surface area contributed by atoms with Crippen molar-refractivity contribution in [3.8, 4) is 5.88 Å². The van der Waals surface area contributed by atoms with Crippen LogP contribution in [0.4, 0.5) is 0 Å². The molecule has 138 valence electrons. The molecule has 0 saturated carbocycles. The molecule has 8 heteroatoms. The predicted octanol–water partition coefficient (Wildman–Crippen LogP) is 3.51. The maximum atomic E-state index is 5.49. The van der Waals surface area contributed by atoms with Crippen LogP contribution in [0, 0.1) is 6.92 Å². The van der Waals surface area contributed by atoms with Gasteiger partial charge in [-0.3, -0.25) is 0 Å². The van der Waals surface area contributed by atoms with Crippen molar-refractivity contribution in [2.75, 3.05) is 13.2 Å². The highest BCUT2D eigenvalue weighted by Crippen LogP contribution is 2.11. The van der Waals surface area contributed by atoms with Gasteiger partial charge in [0.1, 0.15) is 5.01 Å². The molecule has 0 atom stereocenters. The van der Waals surface area contributed by atoms with E-state index in [1.165, 1.54) is 4.88 Å². The molecule has 0 aliphatic rings. The van der Waals surface area contributed by atoms with E-state index in [-0.39, 0.29) is 24.0 Å². The third-order valence-electron chi connectivity index (χ3n) is 3.09. The summed E-state index contributed by atoms with van der Waals surface area (Å²) in [5, 5.41) is 7.59. The van der Waals surface area contributed by atoms with Gasteiger partial charge in [-0.15, -0.1) is 35.3 Å². The van der Waals surface area contributed by atoms with Crippen LogP contribution in [-0.2, 0) is 13.1 Å². The highest BCUT2D eigenvalue weighted by Gasteiger charge is 2.02. The fraction of sp³-hybridized carbons (Fsp3) is 0.471. The van der Waals surface area contributed by atoms with Gasteiger partial charge in [0.25, 0.3) is 0 Å². The van der Waals surface area contributed by atoms with E-state index in [4.69, 9.17) is 4.74 Å². The molecule has 0 unspecified atom stereocenters. The minimum atomic E-state index is 0. The van der Waals surface area contributed by atoms with Crippen LogP contribution in [0.1, 0.15) is 35.7 Å². The van der Waals surface area contributed by atoms with E-state index in [0.717, 1.165) is 29.5 Å². The Morgan fingerprint density at radius 1 is 1.20 bits per heavy atom. The van der Waals surface area contributed by atoms with E-state index in [1.807, 2.05) is 31.5 Å². The minimum Gasteiger partial charge on any atom is -0.478 e. The lowest BCUT2D eigenvalue weighted by Crippen LogP contribution is -2.36. The molecule has 0 saturated heterocycles. The molecule has 2 aromatic rings. The van der Waals surface area contributed by atoms with E-state index in [1.54, 1.807) is 11.3 Å². The number of hydrogen-bond acceptors (Lipinski definition) is 5. The van der Waals surface area contributed by atoms with Crippen molar-refractivity contribution in [3.05, 3.63) is 40.0 Å². The van der Waals surface area contributed by atoms with Crippen LogP contribution in [-0.4, -0.2) is 29.1 Å². The number of guanidine groups is 1. The van der Waals surface area contributed by atoms with Gasteiger partial charge in [0, 0.05) is 29.9 Å². The van der Waals surface area contributed by atoms with Crippen molar-refractivity contribution in [2.24, 2.45) is 4.99 Å². The first-order valence-corrected chi connectivity index (χ1v) is 9.04. The lowest BCUT2D eigenvalue weighted by atomic mass is 10.3. The van der Waals surface area contributed by atoms with Crippen LogP contribution in [0.25, 0.3) is 0 Å². The quantitative estimate of drug-likeness (QED) is 0.348. The smallest absolute Gasteiger partial charge is 0.213 e. The summed E-state index contributed by atoms with van der Waals surface area (Å²) in [4.78, 5) is 14.4. The summed E-state index contributed by atoms with van der Waals surface area (Å²) >= 11 is 1.69. The SMILES string of the molecule is CCCOc1ccc(CN=C(NCC)NCc2ncc(C)s2)cn1.I. The molecule has 0 fully saturated rings. The number of halogens is 1. The summed E-state index contributed by atoms with van der Waals surface area (Å²) in [7, 11) is 0. The van der Waals surface area contributed by atoms with Crippen molar-refractivity contribution >= 4 is 41.3 Å². The van der Waals surface area contributed by atoms with Crippen LogP contribution in [0.5, 0.6) is 5.88 Å². The summed E-state index contributed by atoms with van der Waals surface area (Å²) in [6, 6.07) is 3.88. The van der Waals surface area contributed by atoms with Crippen LogP contribution in [0.2, 0.25) is 0 Å². The number of aryl methyl sites for hydroxylation is 1. The number of aromatic nitrogens is 2. The average molecular weight is 475 g/mol. The van der Waals surface area contributed by atoms with Gasteiger partial charge in [-0.05, 0) is 25.8 Å². The molecule has 0 aliphatic carbocycles. The molecule has 0 spiro atoms. The average Bonchev–Trinajstić information content (AvgIpc) is 3.02. The van der Waals surface area contributed by atoms with Crippen molar-refractivity contribution in [3.63, 3.8) is 0 Å². The standard InChI is InChI=1S/C17H25N5OS.HI/c1-4-8-23-15-7-6-14(10-19-15)11-21-17(18-5-2)22-12-16-20-9-13(3)24-16;/h6-7,9-10H,4-5,8,11-12H2,1-3H3,(H2,18,21,22);1H. The number of rotatable bonds is 8. The molecule has 0 aliphatic heterocycles. The van der Waals surface area contributed by atoms with E-state index in [0.29, 0.717) is 25.6 Å². The first-order chi connectivity index (χ1) is 11.7. The van der Waals surface area contributed by atoms with Crippen molar-refractivity contribution in [1.29, 1.82) is 0 Å². The molecule has 2 N–H and O–H groups in total. The lowest BCUT2D eigenvalue weighted by molar-refractivity contribution is 0.305. The van der Waals surface area contributed by atoms with Gasteiger partial charge < -0.3 is 15.4 Å². The van der Waals surface area contributed by atoms with Gasteiger partial charge in [0.05, 0.1) is 19.7 Å². The molecule has 0 aromatic carbocycles. The predicted molar refractivity (Wildman–Crippen MR) is 114 cm³/mol. The highest BCUT2D eigenvalue weighted by molar-refractivity contribution is 14.0. The second kappa shape index (κ2) is 12.0. The minimum absolute atomic E-state index is 0. The summed E-state index contributed by atoms with van der Waals surface area (Å²) in [5.74, 6) is 1.44. The Kier molecular flexibility index (Phi) is 10.4. The van der Waals surface area contributed by atoms with E-state index in [2.05, 4.69) is 39.4 Å². The van der Waals surface area contributed by atoms with Crippen molar-refractivity contribution in [2.45, 2.75) is 40.3 Å². The van der Waals surface area contributed by atoms with Crippen molar-refractivity contribution < 1.29 is 4.74 Å². The zero-order chi connectivity index (χ0) is 17.2. The Morgan fingerprint density at radius 2 is 2.04 bits per heavy atom. The summed E-state index contributed by atoms with van der Waals surface area (Å²) in [6.07, 6.45) is 4.67. The summed E-state index contributed by atoms with van der Waals surface area (Å²) in [5.41, 5.74) is 1.04. The first kappa shape index (κ1) is 21.6. The molecule has 25 heavy (non-hydrogen) atoms. The highest BCUT2D eigenvalue weighted by atomic mass is 127. The lowest BCUT2D eigenvalue weighted by Gasteiger charge is -2.10.